The second-order valence-corrected chi connectivity index (χ2v) is 1.58. The van der Waals surface area contributed by atoms with Crippen molar-refractivity contribution < 1.29 is 17.9 Å². The van der Waals surface area contributed by atoms with Crippen LogP contribution in [0, 0.1) is 0 Å². The van der Waals surface area contributed by atoms with Crippen LogP contribution < -0.4 is 0 Å². The molecule has 0 fully saturated rings. The first kappa shape index (κ1) is 9.26. The number of nitrogens with zero attached hydrogens (tertiary/aromatic N) is 1. The molecule has 0 amide bonds. The lowest BCUT2D eigenvalue weighted by Gasteiger charge is -2.01. The minimum absolute atomic E-state index is 0.357. The SMILES string of the molecule is CCC/N=C\OC(F)(F)F. The molecule has 0 spiro atoms. The molecule has 0 rings (SSSR count). The molecular weight excluding hydrogens is 147 g/mol. The predicted octanol–water partition coefficient (Wildman–Crippen LogP) is 1.96. The fraction of sp³-hybridized carbons (Fsp3) is 0.800. The third-order valence-corrected chi connectivity index (χ3v) is 0.614. The lowest BCUT2D eigenvalue weighted by atomic mass is 10.5. The molecule has 5 heteroatoms. The number of aliphatic imine (C=N–C) groups is 1. The maximum atomic E-state index is 11.2. The summed E-state index contributed by atoms with van der Waals surface area (Å²) in [6.07, 6.45) is -3.47. The Morgan fingerprint density at radius 2 is 2.10 bits per heavy atom. The largest absolute Gasteiger partial charge is 0.573 e. The van der Waals surface area contributed by atoms with Crippen LogP contribution in [0.1, 0.15) is 13.3 Å². The highest BCUT2D eigenvalue weighted by Crippen LogP contribution is 2.14. The van der Waals surface area contributed by atoms with Gasteiger partial charge in [-0.25, -0.2) is 0 Å². The molecule has 10 heavy (non-hydrogen) atoms. The number of rotatable bonds is 3. The van der Waals surface area contributed by atoms with Gasteiger partial charge in [0.05, 0.1) is 0 Å². The molecule has 0 aliphatic carbocycles. The van der Waals surface area contributed by atoms with Gasteiger partial charge in [-0.1, -0.05) is 6.92 Å². The summed E-state index contributed by atoms with van der Waals surface area (Å²) in [6.45, 7) is 2.17. The Bertz CT molecular complexity index is 110. The van der Waals surface area contributed by atoms with Crippen molar-refractivity contribution in [1.29, 1.82) is 0 Å². The van der Waals surface area contributed by atoms with E-state index in [4.69, 9.17) is 0 Å². The van der Waals surface area contributed by atoms with Crippen LogP contribution in [-0.2, 0) is 4.74 Å². The minimum atomic E-state index is -4.60. The van der Waals surface area contributed by atoms with E-state index in [1.54, 1.807) is 0 Å². The summed E-state index contributed by atoms with van der Waals surface area (Å²) in [7, 11) is 0. The smallest absolute Gasteiger partial charge is 0.395 e. The van der Waals surface area contributed by atoms with Crippen molar-refractivity contribution in [2.75, 3.05) is 6.54 Å². The molecule has 0 N–H and O–H groups in total. The third kappa shape index (κ3) is 7.26. The molecule has 0 bridgehead atoms. The van der Waals surface area contributed by atoms with Crippen LogP contribution in [0.25, 0.3) is 0 Å². The highest BCUT2D eigenvalue weighted by atomic mass is 19.4. The van der Waals surface area contributed by atoms with E-state index in [2.05, 4.69) is 9.73 Å². The summed E-state index contributed by atoms with van der Waals surface area (Å²) >= 11 is 0. The summed E-state index contributed by atoms with van der Waals surface area (Å²) in [5, 5.41) is 0. The topological polar surface area (TPSA) is 21.6 Å². The quantitative estimate of drug-likeness (QED) is 0.451. The Labute approximate surface area is 56.7 Å². The van der Waals surface area contributed by atoms with Gasteiger partial charge in [-0.3, -0.25) is 4.99 Å². The average molecular weight is 155 g/mol. The first-order valence-electron chi connectivity index (χ1n) is 2.79. The number of ether oxygens (including phenoxy) is 1. The molecule has 0 radical (unpaired) electrons. The fourth-order valence-electron chi connectivity index (χ4n) is 0.279. The van der Waals surface area contributed by atoms with Gasteiger partial charge in [-0.15, -0.1) is 13.2 Å². The molecule has 2 nitrogen and oxygen atoms in total. The second kappa shape index (κ2) is 4.14. The van der Waals surface area contributed by atoms with E-state index in [9.17, 15) is 13.2 Å². The fourth-order valence-corrected chi connectivity index (χ4v) is 0.279. The zero-order valence-corrected chi connectivity index (χ0v) is 5.48. The van der Waals surface area contributed by atoms with Crippen molar-refractivity contribution >= 4 is 6.40 Å². The Balaban J connectivity index is 3.34. The van der Waals surface area contributed by atoms with Crippen LogP contribution in [0.4, 0.5) is 13.2 Å². The number of hydrogen-bond donors (Lipinski definition) is 0. The normalized spacial score (nSPS) is 12.4. The third-order valence-electron chi connectivity index (χ3n) is 0.614. The maximum Gasteiger partial charge on any atom is 0.573 e. The summed E-state index contributed by atoms with van der Waals surface area (Å²) in [5.41, 5.74) is 0. The van der Waals surface area contributed by atoms with Gasteiger partial charge in [-0.05, 0) is 6.42 Å². The summed E-state index contributed by atoms with van der Waals surface area (Å²) in [5.74, 6) is 0. The van der Waals surface area contributed by atoms with Gasteiger partial charge in [0, 0.05) is 6.54 Å². The van der Waals surface area contributed by atoms with Gasteiger partial charge in [-0.2, -0.15) is 0 Å². The summed E-state index contributed by atoms with van der Waals surface area (Å²) in [4.78, 5) is 3.31. The van der Waals surface area contributed by atoms with E-state index in [0.29, 0.717) is 19.4 Å². The van der Waals surface area contributed by atoms with Gasteiger partial charge >= 0.3 is 6.36 Å². The number of alkyl halides is 3. The zero-order chi connectivity index (χ0) is 8.04. The molecule has 0 aliphatic rings. The van der Waals surface area contributed by atoms with Crippen LogP contribution >= 0.6 is 0 Å². The lowest BCUT2D eigenvalue weighted by Crippen LogP contribution is -2.11. The molecule has 0 unspecified atom stereocenters. The van der Waals surface area contributed by atoms with Crippen molar-refractivity contribution in [2.45, 2.75) is 19.7 Å². The standard InChI is InChI=1S/C5H8F3NO/c1-2-3-9-4-10-5(6,7)8/h4H,2-3H2,1H3/b9-4-. The van der Waals surface area contributed by atoms with Gasteiger partial charge in [0.1, 0.15) is 0 Å². The van der Waals surface area contributed by atoms with Gasteiger partial charge in [0.15, 0.2) is 6.40 Å². The molecular formula is C5H8F3NO. The highest BCUT2D eigenvalue weighted by Gasteiger charge is 2.29. The molecule has 0 saturated carbocycles. The summed E-state index contributed by atoms with van der Waals surface area (Å²) < 4.78 is 36.7. The van der Waals surface area contributed by atoms with Crippen molar-refractivity contribution in [2.24, 2.45) is 4.99 Å². The molecule has 0 aromatic heterocycles. The van der Waals surface area contributed by atoms with Crippen molar-refractivity contribution in [3.05, 3.63) is 0 Å². The first-order chi connectivity index (χ1) is 4.56. The Kier molecular flexibility index (Phi) is 3.83. The predicted molar refractivity (Wildman–Crippen MR) is 30.8 cm³/mol. The van der Waals surface area contributed by atoms with Gasteiger partial charge in [0.2, 0.25) is 0 Å². The van der Waals surface area contributed by atoms with E-state index in [0.717, 1.165) is 0 Å². The average Bonchev–Trinajstić information content (AvgIpc) is 1.78. The van der Waals surface area contributed by atoms with E-state index in [-0.39, 0.29) is 0 Å². The molecule has 0 saturated heterocycles. The van der Waals surface area contributed by atoms with Crippen LogP contribution in [0.5, 0.6) is 0 Å². The monoisotopic (exact) mass is 155 g/mol. The molecule has 0 aromatic rings. The maximum absolute atomic E-state index is 11.2. The minimum Gasteiger partial charge on any atom is -0.395 e. The van der Waals surface area contributed by atoms with Crippen molar-refractivity contribution in [3.63, 3.8) is 0 Å². The first-order valence-corrected chi connectivity index (χ1v) is 2.79. The number of halogens is 3. The van der Waals surface area contributed by atoms with Gasteiger partial charge < -0.3 is 4.74 Å². The molecule has 0 heterocycles. The Morgan fingerprint density at radius 3 is 2.50 bits per heavy atom. The van der Waals surface area contributed by atoms with Gasteiger partial charge in [0.25, 0.3) is 0 Å². The van der Waals surface area contributed by atoms with Crippen molar-refractivity contribution in [3.8, 4) is 0 Å². The van der Waals surface area contributed by atoms with Crippen LogP contribution in [-0.4, -0.2) is 19.3 Å². The Morgan fingerprint density at radius 1 is 1.50 bits per heavy atom. The van der Waals surface area contributed by atoms with Crippen LogP contribution in [0.15, 0.2) is 4.99 Å². The Hall–Kier alpha value is -0.740. The number of hydrogen-bond acceptors (Lipinski definition) is 2. The summed E-state index contributed by atoms with van der Waals surface area (Å²) in [6, 6.07) is 0. The highest BCUT2D eigenvalue weighted by molar-refractivity contribution is 5.46. The van der Waals surface area contributed by atoms with E-state index in [1.165, 1.54) is 0 Å². The molecule has 0 atom stereocenters. The second-order valence-electron chi connectivity index (χ2n) is 1.58. The zero-order valence-electron chi connectivity index (χ0n) is 5.48. The molecule has 0 aromatic carbocycles. The van der Waals surface area contributed by atoms with Crippen LogP contribution in [0.2, 0.25) is 0 Å². The van der Waals surface area contributed by atoms with E-state index in [1.807, 2.05) is 6.92 Å². The molecule has 0 aliphatic heterocycles. The lowest BCUT2D eigenvalue weighted by molar-refractivity contribution is -0.280. The van der Waals surface area contributed by atoms with Crippen LogP contribution in [0.3, 0.4) is 0 Å². The van der Waals surface area contributed by atoms with E-state index >= 15 is 0 Å². The van der Waals surface area contributed by atoms with E-state index < -0.39 is 6.36 Å². The molecule has 60 valence electrons. The van der Waals surface area contributed by atoms with Crippen molar-refractivity contribution in [1.82, 2.24) is 0 Å².